The van der Waals surface area contributed by atoms with E-state index >= 15 is 0 Å². The predicted molar refractivity (Wildman–Crippen MR) is 67.9 cm³/mol. The van der Waals surface area contributed by atoms with Crippen molar-refractivity contribution in [2.24, 2.45) is 0 Å². The van der Waals surface area contributed by atoms with E-state index in [1.807, 2.05) is 31.2 Å². The lowest BCUT2D eigenvalue weighted by molar-refractivity contribution is 0.247. The van der Waals surface area contributed by atoms with Crippen molar-refractivity contribution in [2.45, 2.75) is 26.7 Å². The largest absolute Gasteiger partial charge is 0.338 e. The smallest absolute Gasteiger partial charge is 0.321 e. The van der Waals surface area contributed by atoms with Crippen molar-refractivity contribution in [1.82, 2.24) is 5.32 Å². The monoisotopic (exact) mass is 220 g/mol. The number of unbranched alkanes of at least 4 members (excludes halogenated alkanes) is 1. The Labute approximate surface area is 97.5 Å². The Hall–Kier alpha value is -1.51. The number of anilines is 1. The minimum absolute atomic E-state index is 0.0391. The van der Waals surface area contributed by atoms with Gasteiger partial charge >= 0.3 is 6.03 Å². The predicted octanol–water partition coefficient (Wildman–Crippen LogP) is 2.94. The zero-order valence-electron chi connectivity index (χ0n) is 10.3. The summed E-state index contributed by atoms with van der Waals surface area (Å²) in [7, 11) is 1.80. The van der Waals surface area contributed by atoms with Gasteiger partial charge in [0.25, 0.3) is 0 Å². The summed E-state index contributed by atoms with van der Waals surface area (Å²) in [6.07, 6.45) is 2.11. The van der Waals surface area contributed by atoms with E-state index in [0.717, 1.165) is 30.6 Å². The maximum absolute atomic E-state index is 11.8. The summed E-state index contributed by atoms with van der Waals surface area (Å²) in [4.78, 5) is 13.4. The summed E-state index contributed by atoms with van der Waals surface area (Å²) in [5.41, 5.74) is 2.06. The highest BCUT2D eigenvalue weighted by Gasteiger charge is 2.10. The molecule has 0 bridgehead atoms. The minimum Gasteiger partial charge on any atom is -0.338 e. The van der Waals surface area contributed by atoms with Crippen LogP contribution < -0.4 is 10.2 Å². The van der Waals surface area contributed by atoms with E-state index in [4.69, 9.17) is 0 Å². The lowest BCUT2D eigenvalue weighted by Crippen LogP contribution is -2.38. The first kappa shape index (κ1) is 12.6. The van der Waals surface area contributed by atoms with Crippen LogP contribution in [-0.4, -0.2) is 19.6 Å². The van der Waals surface area contributed by atoms with Gasteiger partial charge in [-0.05, 0) is 25.0 Å². The number of hydrogen-bond acceptors (Lipinski definition) is 1. The number of carbonyl (C=O) groups excluding carboxylic acids is 1. The molecule has 88 valence electrons. The first-order valence-corrected chi connectivity index (χ1v) is 5.74. The molecule has 0 spiro atoms. The van der Waals surface area contributed by atoms with Gasteiger partial charge in [-0.25, -0.2) is 4.79 Å². The molecular weight excluding hydrogens is 200 g/mol. The first-order chi connectivity index (χ1) is 7.66. The van der Waals surface area contributed by atoms with Crippen LogP contribution in [0.25, 0.3) is 0 Å². The van der Waals surface area contributed by atoms with Crippen molar-refractivity contribution >= 4 is 11.7 Å². The highest BCUT2D eigenvalue weighted by molar-refractivity contribution is 5.92. The van der Waals surface area contributed by atoms with Gasteiger partial charge < -0.3 is 5.32 Å². The van der Waals surface area contributed by atoms with E-state index < -0.39 is 0 Å². The molecule has 0 aliphatic carbocycles. The van der Waals surface area contributed by atoms with Crippen LogP contribution in [0.5, 0.6) is 0 Å². The zero-order valence-corrected chi connectivity index (χ0v) is 10.3. The summed E-state index contributed by atoms with van der Waals surface area (Å²) in [6.45, 7) is 4.86. The van der Waals surface area contributed by atoms with Gasteiger partial charge in [-0.3, -0.25) is 4.90 Å². The molecule has 0 aliphatic rings. The molecule has 0 saturated heterocycles. The Balaban J connectivity index is 2.60. The van der Waals surface area contributed by atoms with Crippen molar-refractivity contribution in [3.8, 4) is 0 Å². The maximum Gasteiger partial charge on any atom is 0.321 e. The van der Waals surface area contributed by atoms with Gasteiger partial charge in [0, 0.05) is 19.3 Å². The Morgan fingerprint density at radius 2 is 2.06 bits per heavy atom. The Morgan fingerprint density at radius 1 is 1.38 bits per heavy atom. The van der Waals surface area contributed by atoms with Crippen LogP contribution in [0.4, 0.5) is 10.5 Å². The second kappa shape index (κ2) is 6.16. The molecule has 0 saturated carbocycles. The van der Waals surface area contributed by atoms with Gasteiger partial charge in [0.15, 0.2) is 0 Å². The average molecular weight is 220 g/mol. The number of carbonyl (C=O) groups is 1. The quantitative estimate of drug-likeness (QED) is 0.777. The highest BCUT2D eigenvalue weighted by atomic mass is 16.2. The Bertz CT molecular complexity index is 350. The summed E-state index contributed by atoms with van der Waals surface area (Å²) in [5.74, 6) is 0. The Morgan fingerprint density at radius 3 is 2.69 bits per heavy atom. The number of rotatable bonds is 4. The van der Waals surface area contributed by atoms with Crippen LogP contribution in [0, 0.1) is 6.92 Å². The van der Waals surface area contributed by atoms with Crippen LogP contribution in [0.3, 0.4) is 0 Å². The maximum atomic E-state index is 11.8. The number of aryl methyl sites for hydroxylation is 1. The van der Waals surface area contributed by atoms with Gasteiger partial charge in [-0.2, -0.15) is 0 Å². The van der Waals surface area contributed by atoms with Gasteiger partial charge in [0.05, 0.1) is 0 Å². The molecule has 3 heteroatoms. The number of para-hydroxylation sites is 1. The number of nitrogens with one attached hydrogen (secondary N) is 1. The molecule has 0 heterocycles. The van der Waals surface area contributed by atoms with E-state index in [2.05, 4.69) is 12.2 Å². The molecule has 1 rings (SSSR count). The zero-order chi connectivity index (χ0) is 12.0. The minimum atomic E-state index is -0.0391. The van der Waals surface area contributed by atoms with E-state index in [-0.39, 0.29) is 6.03 Å². The van der Waals surface area contributed by atoms with Gasteiger partial charge in [-0.15, -0.1) is 0 Å². The van der Waals surface area contributed by atoms with Crippen molar-refractivity contribution in [3.63, 3.8) is 0 Å². The molecule has 0 aliphatic heterocycles. The summed E-state index contributed by atoms with van der Waals surface area (Å²) in [5, 5.41) is 2.90. The normalized spacial score (nSPS) is 9.94. The molecule has 0 fully saturated rings. The fraction of sp³-hybridized carbons (Fsp3) is 0.462. The lowest BCUT2D eigenvalue weighted by atomic mass is 10.2. The van der Waals surface area contributed by atoms with Crippen LogP contribution >= 0.6 is 0 Å². The van der Waals surface area contributed by atoms with Crippen LogP contribution in [0.1, 0.15) is 25.3 Å². The molecule has 0 aromatic heterocycles. The van der Waals surface area contributed by atoms with E-state index in [9.17, 15) is 4.79 Å². The standard InChI is InChI=1S/C13H20N2O/c1-4-5-10-14-13(16)15(3)12-9-7-6-8-11(12)2/h6-9H,4-5,10H2,1-3H3,(H,14,16). The third kappa shape index (κ3) is 3.26. The molecular formula is C13H20N2O. The summed E-state index contributed by atoms with van der Waals surface area (Å²) in [6, 6.07) is 7.84. The molecule has 3 nitrogen and oxygen atoms in total. The third-order valence-corrected chi connectivity index (χ3v) is 2.59. The van der Waals surface area contributed by atoms with Gasteiger partial charge in [0.1, 0.15) is 0 Å². The first-order valence-electron chi connectivity index (χ1n) is 5.74. The molecule has 1 aromatic carbocycles. The number of nitrogens with zero attached hydrogens (tertiary/aromatic N) is 1. The van der Waals surface area contributed by atoms with Gasteiger partial charge in [0.2, 0.25) is 0 Å². The summed E-state index contributed by atoms with van der Waals surface area (Å²) >= 11 is 0. The number of hydrogen-bond donors (Lipinski definition) is 1. The number of benzene rings is 1. The topological polar surface area (TPSA) is 32.3 Å². The van der Waals surface area contributed by atoms with Crippen molar-refractivity contribution in [2.75, 3.05) is 18.5 Å². The lowest BCUT2D eigenvalue weighted by Gasteiger charge is -2.19. The van der Waals surface area contributed by atoms with Crippen LogP contribution in [0.2, 0.25) is 0 Å². The van der Waals surface area contributed by atoms with Crippen molar-refractivity contribution < 1.29 is 4.79 Å². The van der Waals surface area contributed by atoms with Crippen molar-refractivity contribution in [3.05, 3.63) is 29.8 Å². The molecule has 0 atom stereocenters. The second-order valence-corrected chi connectivity index (χ2v) is 3.93. The molecule has 16 heavy (non-hydrogen) atoms. The molecule has 2 amide bonds. The molecule has 0 radical (unpaired) electrons. The molecule has 0 unspecified atom stereocenters. The second-order valence-electron chi connectivity index (χ2n) is 3.93. The molecule has 1 N–H and O–H groups in total. The summed E-state index contributed by atoms with van der Waals surface area (Å²) < 4.78 is 0. The van der Waals surface area contributed by atoms with E-state index in [1.54, 1.807) is 11.9 Å². The third-order valence-electron chi connectivity index (χ3n) is 2.59. The number of urea groups is 1. The van der Waals surface area contributed by atoms with E-state index in [0.29, 0.717) is 0 Å². The van der Waals surface area contributed by atoms with Crippen molar-refractivity contribution in [1.29, 1.82) is 0 Å². The number of amides is 2. The fourth-order valence-corrected chi connectivity index (χ4v) is 1.54. The van der Waals surface area contributed by atoms with Crippen LogP contribution in [-0.2, 0) is 0 Å². The fourth-order valence-electron chi connectivity index (χ4n) is 1.54. The van der Waals surface area contributed by atoms with E-state index in [1.165, 1.54) is 0 Å². The SMILES string of the molecule is CCCCNC(=O)N(C)c1ccccc1C. The average Bonchev–Trinajstić information content (AvgIpc) is 2.29. The van der Waals surface area contributed by atoms with Gasteiger partial charge in [-0.1, -0.05) is 31.5 Å². The highest BCUT2D eigenvalue weighted by Crippen LogP contribution is 2.17. The Kier molecular flexibility index (Phi) is 4.83. The van der Waals surface area contributed by atoms with Crippen LogP contribution in [0.15, 0.2) is 24.3 Å². The molecule has 1 aromatic rings.